The molecule has 2 N–H and O–H groups in total. The second-order valence-corrected chi connectivity index (χ2v) is 7.50. The number of ether oxygens (including phenoxy) is 1. The van der Waals surface area contributed by atoms with Crippen LogP contribution in [0.3, 0.4) is 0 Å². The molecule has 1 aromatic heterocycles. The highest BCUT2D eigenvalue weighted by Crippen LogP contribution is 2.33. The fourth-order valence-electron chi connectivity index (χ4n) is 3.73. The predicted octanol–water partition coefficient (Wildman–Crippen LogP) is 5.06. The molecule has 0 saturated heterocycles. The van der Waals surface area contributed by atoms with E-state index >= 15 is 0 Å². The summed E-state index contributed by atoms with van der Waals surface area (Å²) in [6.07, 6.45) is 4.31. The number of fused-ring (bicyclic) bond motifs is 1. The molecule has 0 atom stereocenters. The molecule has 150 valence electrons. The van der Waals surface area contributed by atoms with Crippen molar-refractivity contribution in [3.05, 3.63) is 63.5 Å². The van der Waals surface area contributed by atoms with Crippen LogP contribution in [0.5, 0.6) is 5.75 Å². The van der Waals surface area contributed by atoms with Crippen molar-refractivity contribution in [2.75, 3.05) is 17.7 Å². The first-order valence-corrected chi connectivity index (χ1v) is 9.92. The van der Waals surface area contributed by atoms with Crippen molar-refractivity contribution in [1.29, 1.82) is 0 Å². The SMILES string of the molecule is COc1ccc(Cl)cc1C(=O)Nc1c(NC2CCCC2)c2ccccc2oc1=O. The third kappa shape index (κ3) is 3.93. The van der Waals surface area contributed by atoms with Gasteiger partial charge in [-0.05, 0) is 43.2 Å². The van der Waals surface area contributed by atoms with E-state index in [1.54, 1.807) is 24.3 Å². The first kappa shape index (κ1) is 19.3. The molecule has 0 bridgehead atoms. The Hall–Kier alpha value is -2.99. The van der Waals surface area contributed by atoms with Crippen molar-refractivity contribution in [3.63, 3.8) is 0 Å². The molecule has 1 saturated carbocycles. The predicted molar refractivity (Wildman–Crippen MR) is 114 cm³/mol. The maximum Gasteiger partial charge on any atom is 0.362 e. The fourth-order valence-corrected chi connectivity index (χ4v) is 3.90. The molecule has 1 aliphatic rings. The highest BCUT2D eigenvalue weighted by Gasteiger charge is 2.23. The Morgan fingerprint density at radius 3 is 2.66 bits per heavy atom. The molecule has 6 nitrogen and oxygen atoms in total. The molecule has 0 radical (unpaired) electrons. The highest BCUT2D eigenvalue weighted by molar-refractivity contribution is 6.31. The first-order chi connectivity index (χ1) is 14.1. The zero-order valence-electron chi connectivity index (χ0n) is 16.0. The lowest BCUT2D eigenvalue weighted by Gasteiger charge is -2.19. The molecule has 2 aromatic carbocycles. The standard InChI is InChI=1S/C22H21ClN2O4/c1-28-17-11-10-13(23)12-16(17)21(26)25-20-19(24-14-6-2-3-7-14)15-8-4-5-9-18(15)29-22(20)27/h4-5,8-12,14,24H,2-3,6-7H2,1H3,(H,25,26). The van der Waals surface area contributed by atoms with Crippen molar-refractivity contribution in [3.8, 4) is 5.75 Å². The van der Waals surface area contributed by atoms with Gasteiger partial charge in [0.05, 0.1) is 18.4 Å². The van der Waals surface area contributed by atoms with Crippen LogP contribution in [0.4, 0.5) is 11.4 Å². The molecule has 1 fully saturated rings. The van der Waals surface area contributed by atoms with E-state index in [0.717, 1.165) is 31.1 Å². The molecule has 0 aliphatic heterocycles. The monoisotopic (exact) mass is 412 g/mol. The Labute approximate surface area is 172 Å². The Bertz CT molecular complexity index is 1120. The number of rotatable bonds is 5. The molecule has 0 spiro atoms. The molecule has 29 heavy (non-hydrogen) atoms. The molecule has 3 aromatic rings. The molecule has 1 aliphatic carbocycles. The number of nitrogens with one attached hydrogen (secondary N) is 2. The second kappa shape index (κ2) is 8.17. The van der Waals surface area contributed by atoms with Crippen LogP contribution >= 0.6 is 11.6 Å². The van der Waals surface area contributed by atoms with Gasteiger partial charge in [-0.2, -0.15) is 0 Å². The number of benzene rings is 2. The van der Waals surface area contributed by atoms with Gasteiger partial charge in [-0.25, -0.2) is 4.79 Å². The number of hydrogen-bond donors (Lipinski definition) is 2. The Balaban J connectivity index is 1.78. The third-order valence-electron chi connectivity index (χ3n) is 5.16. The summed E-state index contributed by atoms with van der Waals surface area (Å²) in [5.41, 5.74) is 0.759. The van der Waals surface area contributed by atoms with Gasteiger partial charge in [-0.15, -0.1) is 0 Å². The quantitative estimate of drug-likeness (QED) is 0.572. The maximum atomic E-state index is 13.0. The number of methoxy groups -OCH3 is 1. The van der Waals surface area contributed by atoms with E-state index in [2.05, 4.69) is 10.6 Å². The molecule has 1 heterocycles. The van der Waals surface area contributed by atoms with Gasteiger partial charge in [0, 0.05) is 16.5 Å². The van der Waals surface area contributed by atoms with Crippen LogP contribution in [0.25, 0.3) is 11.0 Å². The summed E-state index contributed by atoms with van der Waals surface area (Å²) < 4.78 is 10.7. The molecule has 0 unspecified atom stereocenters. The van der Waals surface area contributed by atoms with E-state index in [-0.39, 0.29) is 17.3 Å². The summed E-state index contributed by atoms with van der Waals surface area (Å²) >= 11 is 6.05. The van der Waals surface area contributed by atoms with Gasteiger partial charge in [0.2, 0.25) is 0 Å². The number of hydrogen-bond acceptors (Lipinski definition) is 5. The number of amides is 1. The minimum atomic E-state index is -0.612. The van der Waals surface area contributed by atoms with Crippen LogP contribution in [-0.2, 0) is 0 Å². The summed E-state index contributed by atoms with van der Waals surface area (Å²) in [6.45, 7) is 0. The lowest BCUT2D eigenvalue weighted by atomic mass is 10.1. The van der Waals surface area contributed by atoms with E-state index in [4.69, 9.17) is 20.8 Å². The first-order valence-electron chi connectivity index (χ1n) is 9.54. The van der Waals surface area contributed by atoms with Crippen LogP contribution in [-0.4, -0.2) is 19.1 Å². The Morgan fingerprint density at radius 1 is 1.14 bits per heavy atom. The number of carbonyl (C=O) groups excluding carboxylic acids is 1. The highest BCUT2D eigenvalue weighted by atomic mass is 35.5. The zero-order valence-corrected chi connectivity index (χ0v) is 16.7. The fraction of sp³-hybridized carbons (Fsp3) is 0.273. The molecular formula is C22H21ClN2O4. The number of para-hydroxylation sites is 1. The summed E-state index contributed by atoms with van der Waals surface area (Å²) in [4.78, 5) is 25.7. The minimum absolute atomic E-state index is 0.0858. The van der Waals surface area contributed by atoms with Gasteiger partial charge < -0.3 is 19.8 Å². The topological polar surface area (TPSA) is 80.6 Å². The second-order valence-electron chi connectivity index (χ2n) is 7.06. The van der Waals surface area contributed by atoms with Gasteiger partial charge in [-0.3, -0.25) is 4.79 Å². The van der Waals surface area contributed by atoms with Gasteiger partial charge in [0.15, 0.2) is 5.69 Å². The minimum Gasteiger partial charge on any atom is -0.496 e. The van der Waals surface area contributed by atoms with Crippen LogP contribution in [0.1, 0.15) is 36.0 Å². The number of anilines is 2. The number of carbonyl (C=O) groups is 1. The molecule has 7 heteroatoms. The molecule has 4 rings (SSSR count). The van der Waals surface area contributed by atoms with Crippen LogP contribution in [0.15, 0.2) is 51.7 Å². The Morgan fingerprint density at radius 2 is 1.90 bits per heavy atom. The summed E-state index contributed by atoms with van der Waals surface area (Å²) in [5.74, 6) is -0.135. The number of halogens is 1. The van der Waals surface area contributed by atoms with Gasteiger partial charge in [0.25, 0.3) is 5.91 Å². The summed E-state index contributed by atoms with van der Waals surface area (Å²) in [7, 11) is 1.47. The van der Waals surface area contributed by atoms with E-state index in [1.807, 2.05) is 12.1 Å². The van der Waals surface area contributed by atoms with Crippen LogP contribution in [0, 0.1) is 0 Å². The van der Waals surface area contributed by atoms with E-state index in [9.17, 15) is 9.59 Å². The van der Waals surface area contributed by atoms with Crippen molar-refractivity contribution in [2.45, 2.75) is 31.7 Å². The van der Waals surface area contributed by atoms with Crippen molar-refractivity contribution >= 4 is 39.9 Å². The van der Waals surface area contributed by atoms with Crippen LogP contribution in [0.2, 0.25) is 5.02 Å². The maximum absolute atomic E-state index is 13.0. The smallest absolute Gasteiger partial charge is 0.362 e. The average molecular weight is 413 g/mol. The van der Waals surface area contributed by atoms with Crippen molar-refractivity contribution in [2.24, 2.45) is 0 Å². The van der Waals surface area contributed by atoms with Crippen LogP contribution < -0.4 is 21.0 Å². The lowest BCUT2D eigenvalue weighted by Crippen LogP contribution is -2.23. The lowest BCUT2D eigenvalue weighted by molar-refractivity contribution is 0.102. The van der Waals surface area contributed by atoms with Crippen molar-refractivity contribution < 1.29 is 13.9 Å². The van der Waals surface area contributed by atoms with E-state index < -0.39 is 11.5 Å². The molecular weight excluding hydrogens is 392 g/mol. The van der Waals surface area contributed by atoms with Gasteiger partial charge in [-0.1, -0.05) is 36.6 Å². The van der Waals surface area contributed by atoms with Gasteiger partial charge >= 0.3 is 5.63 Å². The average Bonchev–Trinajstić information content (AvgIpc) is 3.23. The van der Waals surface area contributed by atoms with Crippen molar-refractivity contribution in [1.82, 2.24) is 0 Å². The zero-order chi connectivity index (χ0) is 20.4. The van der Waals surface area contributed by atoms with E-state index in [1.165, 1.54) is 13.2 Å². The molecule has 1 amide bonds. The summed E-state index contributed by atoms with van der Waals surface area (Å²) in [5, 5.41) is 7.31. The normalized spacial score (nSPS) is 14.1. The van der Waals surface area contributed by atoms with E-state index in [0.29, 0.717) is 22.0 Å². The van der Waals surface area contributed by atoms with Gasteiger partial charge in [0.1, 0.15) is 11.3 Å². The third-order valence-corrected chi connectivity index (χ3v) is 5.40. The Kier molecular flexibility index (Phi) is 5.45. The summed E-state index contributed by atoms with van der Waals surface area (Å²) in [6, 6.07) is 12.3. The largest absolute Gasteiger partial charge is 0.496 e.